The summed E-state index contributed by atoms with van der Waals surface area (Å²) >= 11 is 0. The largest absolute Gasteiger partial charge is 0.335 e. The standard InChI is InChI=1S/C15H21N3O/c1-12(13-5-3-2-4-6-13)17-10-14-9-16-7-8-18(14)15(19)11-17/h2-6,12,14,16H,7-11H2,1H3. The predicted molar refractivity (Wildman–Crippen MR) is 74.8 cm³/mol. The maximum absolute atomic E-state index is 12.2. The second-order valence-electron chi connectivity index (χ2n) is 5.46. The van der Waals surface area contributed by atoms with Gasteiger partial charge in [0, 0.05) is 32.2 Å². The zero-order valence-corrected chi connectivity index (χ0v) is 11.4. The third-order valence-corrected chi connectivity index (χ3v) is 4.28. The molecule has 1 aromatic rings. The lowest BCUT2D eigenvalue weighted by Crippen LogP contribution is -2.63. The van der Waals surface area contributed by atoms with E-state index < -0.39 is 0 Å². The Morgan fingerprint density at radius 2 is 2.11 bits per heavy atom. The Morgan fingerprint density at radius 3 is 2.89 bits per heavy atom. The Morgan fingerprint density at radius 1 is 1.32 bits per heavy atom. The molecule has 0 spiro atoms. The second-order valence-corrected chi connectivity index (χ2v) is 5.46. The van der Waals surface area contributed by atoms with E-state index in [9.17, 15) is 4.79 Å². The fourth-order valence-electron chi connectivity index (χ4n) is 3.09. The minimum atomic E-state index is 0.278. The van der Waals surface area contributed by atoms with E-state index in [1.165, 1.54) is 5.56 Å². The van der Waals surface area contributed by atoms with Gasteiger partial charge in [-0.1, -0.05) is 30.3 Å². The quantitative estimate of drug-likeness (QED) is 0.856. The van der Waals surface area contributed by atoms with Crippen molar-refractivity contribution in [3.05, 3.63) is 35.9 Å². The fourth-order valence-corrected chi connectivity index (χ4v) is 3.09. The number of benzene rings is 1. The number of rotatable bonds is 2. The maximum atomic E-state index is 12.2. The molecule has 1 amide bonds. The minimum absolute atomic E-state index is 0.278. The van der Waals surface area contributed by atoms with Gasteiger partial charge in [-0.3, -0.25) is 9.69 Å². The van der Waals surface area contributed by atoms with Crippen LogP contribution in [-0.4, -0.2) is 54.5 Å². The predicted octanol–water partition coefficient (Wildman–Crippen LogP) is 0.864. The molecule has 19 heavy (non-hydrogen) atoms. The molecule has 2 fully saturated rings. The van der Waals surface area contributed by atoms with Gasteiger partial charge in [-0.25, -0.2) is 0 Å². The Labute approximate surface area is 114 Å². The molecular weight excluding hydrogens is 238 g/mol. The molecule has 2 atom stereocenters. The molecule has 0 radical (unpaired) electrons. The van der Waals surface area contributed by atoms with Crippen LogP contribution in [0.4, 0.5) is 0 Å². The van der Waals surface area contributed by atoms with E-state index >= 15 is 0 Å². The van der Waals surface area contributed by atoms with E-state index in [4.69, 9.17) is 0 Å². The lowest BCUT2D eigenvalue weighted by molar-refractivity contribution is -0.142. The van der Waals surface area contributed by atoms with Crippen molar-refractivity contribution in [1.82, 2.24) is 15.1 Å². The van der Waals surface area contributed by atoms with Gasteiger partial charge in [0.1, 0.15) is 0 Å². The van der Waals surface area contributed by atoms with Crippen molar-refractivity contribution in [3.8, 4) is 0 Å². The zero-order chi connectivity index (χ0) is 13.2. The summed E-state index contributed by atoms with van der Waals surface area (Å²) < 4.78 is 0. The Hall–Kier alpha value is -1.39. The van der Waals surface area contributed by atoms with E-state index in [2.05, 4.69) is 41.4 Å². The second kappa shape index (κ2) is 5.31. The van der Waals surface area contributed by atoms with Crippen molar-refractivity contribution in [2.45, 2.75) is 19.0 Å². The van der Waals surface area contributed by atoms with E-state index in [0.717, 1.165) is 26.2 Å². The van der Waals surface area contributed by atoms with Gasteiger partial charge in [-0.15, -0.1) is 0 Å². The third-order valence-electron chi connectivity index (χ3n) is 4.28. The van der Waals surface area contributed by atoms with Crippen molar-refractivity contribution in [1.29, 1.82) is 0 Å². The van der Waals surface area contributed by atoms with Crippen LogP contribution in [0.3, 0.4) is 0 Å². The van der Waals surface area contributed by atoms with Gasteiger partial charge in [0.2, 0.25) is 5.91 Å². The summed E-state index contributed by atoms with van der Waals surface area (Å²) in [5, 5.41) is 3.38. The van der Waals surface area contributed by atoms with Crippen LogP contribution in [0.1, 0.15) is 18.5 Å². The van der Waals surface area contributed by atoms with E-state index in [0.29, 0.717) is 18.6 Å². The highest BCUT2D eigenvalue weighted by molar-refractivity contribution is 5.79. The lowest BCUT2D eigenvalue weighted by atomic mass is 10.0. The van der Waals surface area contributed by atoms with Gasteiger partial charge >= 0.3 is 0 Å². The molecular formula is C15H21N3O. The van der Waals surface area contributed by atoms with Crippen molar-refractivity contribution >= 4 is 5.91 Å². The zero-order valence-electron chi connectivity index (χ0n) is 11.4. The van der Waals surface area contributed by atoms with Gasteiger partial charge in [0.15, 0.2) is 0 Å². The molecule has 0 bridgehead atoms. The van der Waals surface area contributed by atoms with E-state index in [1.54, 1.807) is 0 Å². The van der Waals surface area contributed by atoms with Crippen molar-refractivity contribution < 1.29 is 4.79 Å². The lowest BCUT2D eigenvalue weighted by Gasteiger charge is -2.45. The normalized spacial score (nSPS) is 26.1. The van der Waals surface area contributed by atoms with Crippen LogP contribution in [0, 0.1) is 0 Å². The summed E-state index contributed by atoms with van der Waals surface area (Å²) in [6.07, 6.45) is 0. The van der Waals surface area contributed by atoms with Crippen LogP contribution in [0.25, 0.3) is 0 Å². The average Bonchev–Trinajstić information content (AvgIpc) is 2.47. The topological polar surface area (TPSA) is 35.6 Å². The highest BCUT2D eigenvalue weighted by Gasteiger charge is 2.35. The number of fused-ring (bicyclic) bond motifs is 1. The van der Waals surface area contributed by atoms with Gasteiger partial charge in [0.25, 0.3) is 0 Å². The molecule has 3 rings (SSSR count). The first-order valence-electron chi connectivity index (χ1n) is 7.05. The van der Waals surface area contributed by atoms with Crippen LogP contribution < -0.4 is 5.32 Å². The molecule has 2 unspecified atom stereocenters. The molecule has 1 aromatic carbocycles. The highest BCUT2D eigenvalue weighted by atomic mass is 16.2. The number of carbonyl (C=O) groups excluding carboxylic acids is 1. The molecule has 2 aliphatic heterocycles. The molecule has 0 aliphatic carbocycles. The first kappa shape index (κ1) is 12.6. The monoisotopic (exact) mass is 259 g/mol. The summed E-state index contributed by atoms with van der Waals surface area (Å²) in [6, 6.07) is 11.1. The average molecular weight is 259 g/mol. The van der Waals surface area contributed by atoms with E-state index in [-0.39, 0.29) is 5.91 Å². The number of carbonyl (C=O) groups is 1. The molecule has 102 valence electrons. The molecule has 2 heterocycles. The van der Waals surface area contributed by atoms with Gasteiger partial charge in [0.05, 0.1) is 12.6 Å². The summed E-state index contributed by atoms with van der Waals surface area (Å²) in [4.78, 5) is 16.6. The molecule has 2 saturated heterocycles. The summed E-state index contributed by atoms with van der Waals surface area (Å²) in [5.74, 6) is 0.278. The highest BCUT2D eigenvalue weighted by Crippen LogP contribution is 2.24. The maximum Gasteiger partial charge on any atom is 0.237 e. The number of hydrogen-bond acceptors (Lipinski definition) is 3. The third kappa shape index (κ3) is 2.51. The number of hydrogen-bond donors (Lipinski definition) is 1. The van der Waals surface area contributed by atoms with E-state index in [1.807, 2.05) is 11.0 Å². The van der Waals surface area contributed by atoms with Crippen LogP contribution in [-0.2, 0) is 4.79 Å². The van der Waals surface area contributed by atoms with Gasteiger partial charge in [-0.05, 0) is 12.5 Å². The van der Waals surface area contributed by atoms with Gasteiger partial charge < -0.3 is 10.2 Å². The summed E-state index contributed by atoms with van der Waals surface area (Å²) in [6.45, 7) is 6.41. The number of piperazine rings is 2. The Kier molecular flexibility index (Phi) is 3.53. The first-order valence-corrected chi connectivity index (χ1v) is 7.05. The number of nitrogens with zero attached hydrogens (tertiary/aromatic N) is 2. The first-order chi connectivity index (χ1) is 9.25. The van der Waals surface area contributed by atoms with Crippen LogP contribution >= 0.6 is 0 Å². The molecule has 4 nitrogen and oxygen atoms in total. The fraction of sp³-hybridized carbons (Fsp3) is 0.533. The molecule has 2 aliphatic rings. The molecule has 0 saturated carbocycles. The van der Waals surface area contributed by atoms with Crippen LogP contribution in [0.5, 0.6) is 0 Å². The van der Waals surface area contributed by atoms with Crippen molar-refractivity contribution in [3.63, 3.8) is 0 Å². The Bertz CT molecular complexity index is 448. The molecule has 4 heteroatoms. The van der Waals surface area contributed by atoms with Crippen LogP contribution in [0.2, 0.25) is 0 Å². The smallest absolute Gasteiger partial charge is 0.237 e. The van der Waals surface area contributed by atoms with Crippen LogP contribution in [0.15, 0.2) is 30.3 Å². The summed E-state index contributed by atoms with van der Waals surface area (Å²) in [5.41, 5.74) is 1.28. The van der Waals surface area contributed by atoms with Crippen molar-refractivity contribution in [2.24, 2.45) is 0 Å². The minimum Gasteiger partial charge on any atom is -0.335 e. The van der Waals surface area contributed by atoms with Gasteiger partial charge in [-0.2, -0.15) is 0 Å². The summed E-state index contributed by atoms with van der Waals surface area (Å²) in [7, 11) is 0. The SMILES string of the molecule is CC(c1ccccc1)N1CC(=O)N2CCNCC2C1. The molecule has 0 aromatic heterocycles. The molecule has 1 N–H and O–H groups in total. The van der Waals surface area contributed by atoms with Crippen molar-refractivity contribution in [2.75, 3.05) is 32.7 Å². The Balaban J connectivity index is 1.74. The number of amides is 1. The number of nitrogens with one attached hydrogen (secondary N) is 1.